The summed E-state index contributed by atoms with van der Waals surface area (Å²) in [5.41, 5.74) is 0.581. The van der Waals surface area contributed by atoms with Gasteiger partial charge in [0.1, 0.15) is 5.82 Å². The Bertz CT molecular complexity index is 467. The van der Waals surface area contributed by atoms with Crippen molar-refractivity contribution in [1.82, 2.24) is 4.90 Å². The Kier molecular flexibility index (Phi) is 4.93. The second kappa shape index (κ2) is 6.48. The van der Waals surface area contributed by atoms with Crippen molar-refractivity contribution < 1.29 is 13.9 Å². The minimum absolute atomic E-state index is 0.0677. The Hall–Kier alpha value is -0.940. The standard InChI is InChI=1S/C14H17BrFNO2/c1-10-9-19-7-6-17(10)14(18)5-3-11-2-4-12(15)8-13(11)16/h2,4,8,10H,3,5-7,9H2,1H3. The summed E-state index contributed by atoms with van der Waals surface area (Å²) in [4.78, 5) is 13.9. The number of ether oxygens (including phenoxy) is 1. The maximum absolute atomic E-state index is 13.6. The van der Waals surface area contributed by atoms with Gasteiger partial charge in [-0.15, -0.1) is 0 Å². The molecule has 0 N–H and O–H groups in total. The van der Waals surface area contributed by atoms with Crippen molar-refractivity contribution in [3.8, 4) is 0 Å². The first-order chi connectivity index (χ1) is 9.08. The third kappa shape index (κ3) is 3.76. The van der Waals surface area contributed by atoms with Gasteiger partial charge in [0, 0.05) is 17.4 Å². The highest BCUT2D eigenvalue weighted by molar-refractivity contribution is 9.10. The van der Waals surface area contributed by atoms with Crippen LogP contribution in [-0.4, -0.2) is 36.6 Å². The summed E-state index contributed by atoms with van der Waals surface area (Å²) >= 11 is 3.22. The fraction of sp³-hybridized carbons (Fsp3) is 0.500. The van der Waals surface area contributed by atoms with E-state index in [1.807, 2.05) is 11.8 Å². The molecule has 0 bridgehead atoms. The average Bonchev–Trinajstić information content (AvgIpc) is 2.38. The van der Waals surface area contributed by atoms with Crippen molar-refractivity contribution in [2.75, 3.05) is 19.8 Å². The number of carbonyl (C=O) groups excluding carboxylic acids is 1. The van der Waals surface area contributed by atoms with E-state index >= 15 is 0 Å². The lowest BCUT2D eigenvalue weighted by Gasteiger charge is -2.33. The molecular weight excluding hydrogens is 313 g/mol. The van der Waals surface area contributed by atoms with Gasteiger partial charge < -0.3 is 9.64 Å². The molecule has 0 radical (unpaired) electrons. The second-order valence-corrected chi connectivity index (χ2v) is 5.66. The Morgan fingerprint density at radius 1 is 1.58 bits per heavy atom. The van der Waals surface area contributed by atoms with E-state index in [4.69, 9.17) is 4.74 Å². The number of benzene rings is 1. The number of morpholine rings is 1. The number of nitrogens with zero attached hydrogens (tertiary/aromatic N) is 1. The SMILES string of the molecule is CC1COCCN1C(=O)CCc1ccc(Br)cc1F. The summed E-state index contributed by atoms with van der Waals surface area (Å²) in [6.45, 7) is 3.77. The third-order valence-corrected chi connectivity index (χ3v) is 3.80. The van der Waals surface area contributed by atoms with Crippen LogP contribution >= 0.6 is 15.9 Å². The van der Waals surface area contributed by atoms with Crippen molar-refractivity contribution in [2.24, 2.45) is 0 Å². The molecule has 0 saturated carbocycles. The van der Waals surface area contributed by atoms with Gasteiger partial charge in [0.25, 0.3) is 0 Å². The minimum Gasteiger partial charge on any atom is -0.377 e. The molecule has 1 aliphatic heterocycles. The molecular formula is C14H17BrFNO2. The van der Waals surface area contributed by atoms with E-state index in [9.17, 15) is 9.18 Å². The molecule has 1 amide bonds. The molecule has 1 saturated heterocycles. The maximum atomic E-state index is 13.6. The van der Waals surface area contributed by atoms with Crippen molar-refractivity contribution >= 4 is 21.8 Å². The Balaban J connectivity index is 1.92. The largest absolute Gasteiger partial charge is 0.377 e. The zero-order valence-corrected chi connectivity index (χ0v) is 12.5. The normalized spacial score (nSPS) is 19.5. The fourth-order valence-corrected chi connectivity index (χ4v) is 2.54. The number of amides is 1. The average molecular weight is 330 g/mol. The first-order valence-corrected chi connectivity index (χ1v) is 7.18. The minimum atomic E-state index is -0.266. The Morgan fingerprint density at radius 3 is 3.05 bits per heavy atom. The summed E-state index contributed by atoms with van der Waals surface area (Å²) in [7, 11) is 0. The molecule has 0 aromatic heterocycles. The van der Waals surface area contributed by atoms with Crippen LogP contribution in [0.4, 0.5) is 4.39 Å². The topological polar surface area (TPSA) is 29.5 Å². The Labute approximate surface area is 120 Å². The molecule has 3 nitrogen and oxygen atoms in total. The summed E-state index contributed by atoms with van der Waals surface area (Å²) in [5, 5.41) is 0. The van der Waals surface area contributed by atoms with E-state index in [0.29, 0.717) is 42.6 Å². The van der Waals surface area contributed by atoms with Crippen LogP contribution in [0, 0.1) is 5.82 Å². The van der Waals surface area contributed by atoms with Gasteiger partial charge >= 0.3 is 0 Å². The molecule has 5 heteroatoms. The van der Waals surface area contributed by atoms with Gasteiger partial charge in [0.05, 0.1) is 19.3 Å². The van der Waals surface area contributed by atoms with E-state index in [0.717, 1.165) is 0 Å². The van der Waals surface area contributed by atoms with Crippen LogP contribution in [0.5, 0.6) is 0 Å². The zero-order valence-electron chi connectivity index (χ0n) is 10.9. The third-order valence-electron chi connectivity index (χ3n) is 3.31. The molecule has 1 aromatic rings. The number of aryl methyl sites for hydroxylation is 1. The van der Waals surface area contributed by atoms with E-state index in [1.165, 1.54) is 6.07 Å². The molecule has 104 valence electrons. The lowest BCUT2D eigenvalue weighted by atomic mass is 10.1. The van der Waals surface area contributed by atoms with Crippen LogP contribution in [0.1, 0.15) is 18.9 Å². The highest BCUT2D eigenvalue weighted by atomic mass is 79.9. The van der Waals surface area contributed by atoms with Crippen LogP contribution in [0.2, 0.25) is 0 Å². The molecule has 1 aliphatic rings. The molecule has 1 aromatic carbocycles. The predicted molar refractivity (Wildman–Crippen MR) is 74.4 cm³/mol. The monoisotopic (exact) mass is 329 g/mol. The van der Waals surface area contributed by atoms with E-state index in [1.54, 1.807) is 12.1 Å². The van der Waals surface area contributed by atoms with Crippen LogP contribution in [-0.2, 0) is 16.0 Å². The molecule has 0 spiro atoms. The molecule has 1 atom stereocenters. The van der Waals surface area contributed by atoms with Gasteiger partial charge in [-0.25, -0.2) is 4.39 Å². The first kappa shape index (κ1) is 14.5. The molecule has 19 heavy (non-hydrogen) atoms. The van der Waals surface area contributed by atoms with Gasteiger partial charge in [-0.2, -0.15) is 0 Å². The van der Waals surface area contributed by atoms with E-state index in [-0.39, 0.29) is 17.8 Å². The maximum Gasteiger partial charge on any atom is 0.223 e. The summed E-state index contributed by atoms with van der Waals surface area (Å²) in [6, 6.07) is 5.04. The summed E-state index contributed by atoms with van der Waals surface area (Å²) < 4.78 is 19.7. The number of carbonyl (C=O) groups is 1. The Morgan fingerprint density at radius 2 is 2.37 bits per heavy atom. The first-order valence-electron chi connectivity index (χ1n) is 6.39. The second-order valence-electron chi connectivity index (χ2n) is 4.75. The van der Waals surface area contributed by atoms with Gasteiger partial charge in [-0.05, 0) is 31.0 Å². The van der Waals surface area contributed by atoms with Gasteiger partial charge in [-0.3, -0.25) is 4.79 Å². The van der Waals surface area contributed by atoms with Crippen LogP contribution in [0.25, 0.3) is 0 Å². The number of rotatable bonds is 3. The molecule has 1 unspecified atom stereocenters. The molecule has 0 aliphatic carbocycles. The van der Waals surface area contributed by atoms with Crippen molar-refractivity contribution in [3.05, 3.63) is 34.1 Å². The molecule has 1 fully saturated rings. The van der Waals surface area contributed by atoms with E-state index in [2.05, 4.69) is 15.9 Å². The van der Waals surface area contributed by atoms with Crippen LogP contribution in [0.15, 0.2) is 22.7 Å². The van der Waals surface area contributed by atoms with Gasteiger partial charge in [0.2, 0.25) is 5.91 Å². The summed E-state index contributed by atoms with van der Waals surface area (Å²) in [6.07, 6.45) is 0.769. The lowest BCUT2D eigenvalue weighted by molar-refractivity contribution is -0.139. The van der Waals surface area contributed by atoms with Crippen molar-refractivity contribution in [2.45, 2.75) is 25.8 Å². The number of halogens is 2. The van der Waals surface area contributed by atoms with Crippen LogP contribution in [0.3, 0.4) is 0 Å². The molecule has 2 rings (SSSR count). The van der Waals surface area contributed by atoms with Crippen LogP contribution < -0.4 is 0 Å². The number of hydrogen-bond acceptors (Lipinski definition) is 2. The predicted octanol–water partition coefficient (Wildman–Crippen LogP) is 2.77. The van der Waals surface area contributed by atoms with E-state index < -0.39 is 0 Å². The fourth-order valence-electron chi connectivity index (χ4n) is 2.21. The van der Waals surface area contributed by atoms with Crippen molar-refractivity contribution in [1.29, 1.82) is 0 Å². The smallest absolute Gasteiger partial charge is 0.223 e. The number of hydrogen-bond donors (Lipinski definition) is 0. The van der Waals surface area contributed by atoms with Gasteiger partial charge in [-0.1, -0.05) is 22.0 Å². The highest BCUT2D eigenvalue weighted by Crippen LogP contribution is 2.17. The summed E-state index contributed by atoms with van der Waals surface area (Å²) in [5.74, 6) is -0.199. The quantitative estimate of drug-likeness (QED) is 0.853. The zero-order chi connectivity index (χ0) is 13.8. The van der Waals surface area contributed by atoms with Gasteiger partial charge in [0.15, 0.2) is 0 Å². The molecule has 1 heterocycles. The lowest BCUT2D eigenvalue weighted by Crippen LogP contribution is -2.47. The van der Waals surface area contributed by atoms with Crippen molar-refractivity contribution in [3.63, 3.8) is 0 Å². The highest BCUT2D eigenvalue weighted by Gasteiger charge is 2.23.